The molecule has 6 aromatic rings. The lowest BCUT2D eigenvalue weighted by Crippen LogP contribution is -2.09. The second-order valence-electron chi connectivity index (χ2n) is 11.9. The van der Waals surface area contributed by atoms with Crippen molar-refractivity contribution in [2.45, 2.75) is 110 Å². The molecule has 0 spiro atoms. The van der Waals surface area contributed by atoms with E-state index in [0.717, 1.165) is 0 Å². The Hall–Kier alpha value is -2.80. The highest BCUT2D eigenvalue weighted by atomic mass is 15.0. The second kappa shape index (κ2) is 11.5. The van der Waals surface area contributed by atoms with Crippen molar-refractivity contribution >= 4 is 54.1 Å². The van der Waals surface area contributed by atoms with Gasteiger partial charge in [-0.25, -0.2) is 0 Å². The number of hydrogen-bond donors (Lipinski definition) is 0. The number of hydrogen-bond acceptors (Lipinski definition) is 0. The first-order chi connectivity index (χ1) is 18.8. The lowest BCUT2D eigenvalue weighted by molar-refractivity contribution is 0.410. The molecule has 0 radical (unpaired) electrons. The molecule has 0 atom stereocenters. The van der Waals surface area contributed by atoms with Gasteiger partial charge < -0.3 is 4.57 Å². The normalized spacial score (nSPS) is 12.6. The van der Waals surface area contributed by atoms with Gasteiger partial charge in [0.15, 0.2) is 0 Å². The van der Waals surface area contributed by atoms with E-state index in [1.54, 1.807) is 0 Å². The van der Waals surface area contributed by atoms with E-state index in [-0.39, 0.29) is 0 Å². The van der Waals surface area contributed by atoms with Gasteiger partial charge in [-0.15, -0.1) is 0 Å². The van der Waals surface area contributed by atoms with E-state index in [9.17, 15) is 0 Å². The maximum absolute atomic E-state index is 2.79. The molecule has 6 rings (SSSR count). The van der Waals surface area contributed by atoms with Crippen molar-refractivity contribution in [1.82, 2.24) is 4.57 Å². The minimum atomic E-state index is 0.583. The molecule has 1 heteroatoms. The van der Waals surface area contributed by atoms with E-state index >= 15 is 0 Å². The molecule has 0 aliphatic heterocycles. The summed E-state index contributed by atoms with van der Waals surface area (Å²) in [5.41, 5.74) is 2.92. The van der Waals surface area contributed by atoms with Gasteiger partial charge in [0.2, 0.25) is 0 Å². The van der Waals surface area contributed by atoms with Crippen LogP contribution in [0.2, 0.25) is 0 Å². The van der Waals surface area contributed by atoms with Gasteiger partial charge in [0.1, 0.15) is 0 Å². The summed E-state index contributed by atoms with van der Waals surface area (Å²) < 4.78 is 2.79. The van der Waals surface area contributed by atoms with Crippen LogP contribution in [0.4, 0.5) is 0 Å². The number of rotatable bonds is 15. The fraction of sp³-hybridized carbons (Fsp3) is 0.459. The molecule has 0 amide bonds. The van der Waals surface area contributed by atoms with Gasteiger partial charge in [0.25, 0.3) is 0 Å². The van der Waals surface area contributed by atoms with Gasteiger partial charge in [-0.05, 0) is 57.3 Å². The van der Waals surface area contributed by atoms with E-state index in [1.807, 2.05) is 0 Å². The molecule has 38 heavy (non-hydrogen) atoms. The molecule has 1 aromatic heterocycles. The highest BCUT2D eigenvalue weighted by Gasteiger charge is 2.24. The number of fused-ring (bicyclic) bond motifs is 1. The third-order valence-corrected chi connectivity index (χ3v) is 9.25. The predicted molar refractivity (Wildman–Crippen MR) is 169 cm³/mol. The van der Waals surface area contributed by atoms with Crippen LogP contribution in [0.5, 0.6) is 0 Å². The lowest BCUT2D eigenvalue weighted by atomic mass is 9.90. The van der Waals surface area contributed by atoms with Crippen LogP contribution in [0.1, 0.15) is 110 Å². The van der Waals surface area contributed by atoms with Crippen LogP contribution in [0, 0.1) is 0 Å². The van der Waals surface area contributed by atoms with Gasteiger partial charge in [-0.3, -0.25) is 0 Å². The summed E-state index contributed by atoms with van der Waals surface area (Å²) in [5, 5.41) is 11.5. The molecule has 0 saturated carbocycles. The number of benzene rings is 5. The molecule has 198 valence electrons. The monoisotopic (exact) mass is 503 g/mol. The Labute approximate surface area is 228 Å². The summed E-state index contributed by atoms with van der Waals surface area (Å²) in [6, 6.07) is 24.0. The first kappa shape index (κ1) is 25.5. The van der Waals surface area contributed by atoms with E-state index in [1.165, 1.54) is 144 Å². The molecule has 0 saturated heterocycles. The predicted octanol–water partition coefficient (Wildman–Crippen LogP) is 12.2. The van der Waals surface area contributed by atoms with Crippen LogP contribution in [0.15, 0.2) is 60.7 Å². The Kier molecular flexibility index (Phi) is 7.72. The first-order valence-corrected chi connectivity index (χ1v) is 15.7. The van der Waals surface area contributed by atoms with Gasteiger partial charge in [-0.1, -0.05) is 139 Å². The molecule has 1 heterocycles. The van der Waals surface area contributed by atoms with Crippen LogP contribution >= 0.6 is 0 Å². The lowest BCUT2D eigenvalue weighted by Gasteiger charge is -2.22. The molecule has 0 bridgehead atoms. The number of nitrogens with zero attached hydrogens (tertiary/aromatic N) is 1. The molecular formula is C37H45N. The molecule has 5 aromatic carbocycles. The van der Waals surface area contributed by atoms with Gasteiger partial charge in [0, 0.05) is 16.8 Å². The summed E-state index contributed by atoms with van der Waals surface area (Å²) in [5.74, 6) is 0. The summed E-state index contributed by atoms with van der Waals surface area (Å²) >= 11 is 0. The van der Waals surface area contributed by atoms with Crippen molar-refractivity contribution in [2.75, 3.05) is 0 Å². The quantitative estimate of drug-likeness (QED) is 0.0746. The van der Waals surface area contributed by atoms with Crippen molar-refractivity contribution < 1.29 is 0 Å². The van der Waals surface area contributed by atoms with E-state index < -0.39 is 0 Å². The van der Waals surface area contributed by atoms with Crippen LogP contribution in [-0.2, 0) is 0 Å². The van der Waals surface area contributed by atoms with Crippen molar-refractivity contribution in [1.29, 1.82) is 0 Å². The maximum atomic E-state index is 2.79. The fourth-order valence-electron chi connectivity index (χ4n) is 7.34. The standard InChI is InChI=1S/C37H45N/c1-3-5-7-9-11-13-19-29(20-14-12-10-8-6-4-2)38-32-25-23-27-17-15-21-30-31-22-16-18-28-24-26-33(38)37(35(28)31)36(32)34(27)30/h15-18,21-26,29H,3-14,19-20H2,1-2H3. The highest BCUT2D eigenvalue weighted by molar-refractivity contribution is 6.39. The Morgan fingerprint density at radius 2 is 0.921 bits per heavy atom. The summed E-state index contributed by atoms with van der Waals surface area (Å²) in [6.45, 7) is 4.63. The van der Waals surface area contributed by atoms with E-state index in [2.05, 4.69) is 79.1 Å². The minimum absolute atomic E-state index is 0.583. The van der Waals surface area contributed by atoms with Crippen molar-refractivity contribution in [3.63, 3.8) is 0 Å². The molecular weight excluding hydrogens is 458 g/mol. The van der Waals surface area contributed by atoms with Crippen molar-refractivity contribution in [3.05, 3.63) is 60.7 Å². The van der Waals surface area contributed by atoms with Gasteiger partial charge in [-0.2, -0.15) is 0 Å². The number of unbranched alkanes of at least 4 members (excludes halogenated alkanes) is 10. The Morgan fingerprint density at radius 1 is 0.474 bits per heavy atom. The molecule has 1 nitrogen and oxygen atoms in total. The maximum Gasteiger partial charge on any atom is 0.0500 e. The number of aromatic nitrogens is 1. The third-order valence-electron chi connectivity index (χ3n) is 9.25. The van der Waals surface area contributed by atoms with Crippen LogP contribution in [0.3, 0.4) is 0 Å². The summed E-state index contributed by atoms with van der Waals surface area (Å²) in [7, 11) is 0. The second-order valence-corrected chi connectivity index (χ2v) is 11.9. The average molecular weight is 504 g/mol. The Morgan fingerprint density at radius 3 is 1.39 bits per heavy atom. The largest absolute Gasteiger partial charge is 0.337 e. The fourth-order valence-corrected chi connectivity index (χ4v) is 7.34. The zero-order valence-electron chi connectivity index (χ0n) is 23.7. The summed E-state index contributed by atoms with van der Waals surface area (Å²) in [6.07, 6.45) is 19.1. The topological polar surface area (TPSA) is 4.93 Å². The highest BCUT2D eigenvalue weighted by Crippen LogP contribution is 2.47. The zero-order valence-corrected chi connectivity index (χ0v) is 23.7. The van der Waals surface area contributed by atoms with Gasteiger partial charge >= 0.3 is 0 Å². The average Bonchev–Trinajstić information content (AvgIpc) is 3.30. The van der Waals surface area contributed by atoms with Crippen molar-refractivity contribution in [2.24, 2.45) is 0 Å². The zero-order chi connectivity index (χ0) is 25.9. The van der Waals surface area contributed by atoms with Crippen LogP contribution in [-0.4, -0.2) is 4.57 Å². The summed E-state index contributed by atoms with van der Waals surface area (Å²) in [4.78, 5) is 0. The third kappa shape index (κ3) is 4.53. The Bertz CT molecular complexity index is 1480. The van der Waals surface area contributed by atoms with Crippen LogP contribution in [0.25, 0.3) is 54.1 Å². The first-order valence-electron chi connectivity index (χ1n) is 15.7. The van der Waals surface area contributed by atoms with Gasteiger partial charge in [0.05, 0.1) is 11.0 Å². The molecule has 0 unspecified atom stereocenters. The Balaban J connectivity index is 1.43. The molecule has 0 fully saturated rings. The molecule has 0 N–H and O–H groups in total. The minimum Gasteiger partial charge on any atom is -0.337 e. The van der Waals surface area contributed by atoms with E-state index in [0.29, 0.717) is 6.04 Å². The molecule has 0 aliphatic carbocycles. The van der Waals surface area contributed by atoms with Crippen LogP contribution < -0.4 is 0 Å². The smallest absolute Gasteiger partial charge is 0.0500 e. The van der Waals surface area contributed by atoms with Crippen molar-refractivity contribution in [3.8, 4) is 0 Å². The van der Waals surface area contributed by atoms with E-state index in [4.69, 9.17) is 0 Å². The SMILES string of the molecule is CCCCCCCCC(CCCCCCCC)n1c2ccc3cccc4c5cccc6ccc1c(c65)c2c34. The molecule has 0 aliphatic rings.